The van der Waals surface area contributed by atoms with Gasteiger partial charge in [-0.15, -0.1) is 0 Å². The highest BCUT2D eigenvalue weighted by Crippen LogP contribution is 2.42. The second-order valence-corrected chi connectivity index (χ2v) is 9.56. The molecule has 0 bridgehead atoms. The average Bonchev–Trinajstić information content (AvgIpc) is 3.13. The molecule has 5 nitrogen and oxygen atoms in total. The maximum atomic E-state index is 13.3. The molecule has 0 radical (unpaired) electrons. The van der Waals surface area contributed by atoms with Crippen molar-refractivity contribution in [2.45, 2.75) is 36.6 Å². The maximum absolute atomic E-state index is 13.3. The van der Waals surface area contributed by atoms with Crippen molar-refractivity contribution in [3.05, 3.63) is 77.1 Å². The van der Waals surface area contributed by atoms with Gasteiger partial charge in [0.05, 0.1) is 10.9 Å². The van der Waals surface area contributed by atoms with E-state index in [1.54, 1.807) is 12.1 Å². The fourth-order valence-corrected chi connectivity index (χ4v) is 5.52. The summed E-state index contributed by atoms with van der Waals surface area (Å²) in [6, 6.07) is 11.5. The van der Waals surface area contributed by atoms with Gasteiger partial charge in [-0.3, -0.25) is 4.79 Å². The molecule has 2 aromatic rings. The first-order chi connectivity index (χ1) is 14.3. The lowest BCUT2D eigenvalue weighted by molar-refractivity contribution is -0.137. The van der Waals surface area contributed by atoms with Crippen molar-refractivity contribution in [1.29, 1.82) is 0 Å². The molecule has 0 aromatic heterocycles. The van der Waals surface area contributed by atoms with Crippen molar-refractivity contribution in [2.75, 3.05) is 6.54 Å². The molecule has 1 fully saturated rings. The van der Waals surface area contributed by atoms with Crippen molar-refractivity contribution < 1.29 is 22.7 Å². The van der Waals surface area contributed by atoms with E-state index in [1.165, 1.54) is 16.4 Å². The average molecular weight is 452 g/mol. The number of carbonyl (C=O) groups is 1. The fraction of sp³-hybridized carbons (Fsp3) is 0.318. The molecular weight excluding hydrogens is 429 g/mol. The lowest BCUT2D eigenvalue weighted by Gasteiger charge is -2.27. The zero-order valence-corrected chi connectivity index (χ0v) is 17.8. The Morgan fingerprint density at radius 3 is 2.47 bits per heavy atom. The summed E-state index contributed by atoms with van der Waals surface area (Å²) in [6.45, 7) is 0.330. The predicted octanol–water partition coefficient (Wildman–Crippen LogP) is 5.04. The SMILES string of the molecule is O=C(O)CCC/C=C\[C@H]1CCN(S(=O)(=O)c2ccc(F)cc2)[C@H]1c1ccc(Cl)cc1. The molecule has 0 aliphatic carbocycles. The van der Waals surface area contributed by atoms with Gasteiger partial charge < -0.3 is 5.11 Å². The lowest BCUT2D eigenvalue weighted by Crippen LogP contribution is -2.32. The van der Waals surface area contributed by atoms with Crippen LogP contribution in [0.3, 0.4) is 0 Å². The number of benzene rings is 2. The third-order valence-electron chi connectivity index (χ3n) is 5.18. The Morgan fingerprint density at radius 1 is 1.17 bits per heavy atom. The van der Waals surface area contributed by atoms with Crippen LogP contribution < -0.4 is 0 Å². The molecule has 160 valence electrons. The number of halogens is 2. The quantitative estimate of drug-likeness (QED) is 0.450. The molecule has 0 saturated carbocycles. The van der Waals surface area contributed by atoms with Crippen molar-refractivity contribution in [1.82, 2.24) is 4.31 Å². The molecule has 1 heterocycles. The number of hydrogen-bond acceptors (Lipinski definition) is 3. The molecule has 30 heavy (non-hydrogen) atoms. The maximum Gasteiger partial charge on any atom is 0.303 e. The largest absolute Gasteiger partial charge is 0.481 e. The van der Waals surface area contributed by atoms with Crippen molar-refractivity contribution >= 4 is 27.6 Å². The van der Waals surface area contributed by atoms with Gasteiger partial charge in [0.1, 0.15) is 5.82 Å². The summed E-state index contributed by atoms with van der Waals surface area (Å²) >= 11 is 6.01. The van der Waals surface area contributed by atoms with Crippen LogP contribution in [0.4, 0.5) is 4.39 Å². The van der Waals surface area contributed by atoms with Gasteiger partial charge in [0.15, 0.2) is 0 Å². The highest BCUT2D eigenvalue weighted by Gasteiger charge is 2.41. The van der Waals surface area contributed by atoms with Crippen LogP contribution in [0.15, 0.2) is 65.6 Å². The molecule has 2 aromatic carbocycles. The zero-order valence-electron chi connectivity index (χ0n) is 16.2. The Kier molecular flexibility index (Phi) is 7.28. The summed E-state index contributed by atoms with van der Waals surface area (Å²) in [4.78, 5) is 10.7. The number of hydrogen-bond donors (Lipinski definition) is 1. The minimum atomic E-state index is -3.82. The van der Waals surface area contributed by atoms with Crippen molar-refractivity contribution in [3.8, 4) is 0 Å². The molecule has 1 N–H and O–H groups in total. The van der Waals surface area contributed by atoms with Gasteiger partial charge in [-0.25, -0.2) is 12.8 Å². The van der Waals surface area contributed by atoms with Crippen LogP contribution in [0.2, 0.25) is 5.02 Å². The normalized spacial score (nSPS) is 20.1. The summed E-state index contributed by atoms with van der Waals surface area (Å²) in [7, 11) is -3.82. The van der Waals surface area contributed by atoms with E-state index in [0.29, 0.717) is 30.8 Å². The van der Waals surface area contributed by atoms with E-state index >= 15 is 0 Å². The number of aliphatic carboxylic acids is 1. The third-order valence-corrected chi connectivity index (χ3v) is 7.32. The van der Waals surface area contributed by atoms with Gasteiger partial charge >= 0.3 is 5.97 Å². The van der Waals surface area contributed by atoms with Gasteiger partial charge in [0.25, 0.3) is 0 Å². The highest BCUT2D eigenvalue weighted by atomic mass is 35.5. The number of unbranched alkanes of at least 4 members (excludes halogenated alkanes) is 1. The predicted molar refractivity (Wildman–Crippen MR) is 113 cm³/mol. The summed E-state index contributed by atoms with van der Waals surface area (Å²) in [5.74, 6) is -1.39. The molecule has 1 saturated heterocycles. The van der Waals surface area contributed by atoms with Crippen LogP contribution in [0, 0.1) is 11.7 Å². The number of sulfonamides is 1. The van der Waals surface area contributed by atoms with E-state index in [2.05, 4.69) is 0 Å². The Labute approximate surface area is 180 Å². The van der Waals surface area contributed by atoms with Gasteiger partial charge in [-0.2, -0.15) is 4.31 Å². The van der Waals surface area contributed by atoms with E-state index < -0.39 is 27.9 Å². The van der Waals surface area contributed by atoms with E-state index in [1.807, 2.05) is 24.3 Å². The van der Waals surface area contributed by atoms with Crippen molar-refractivity contribution in [2.24, 2.45) is 5.92 Å². The second-order valence-electron chi connectivity index (χ2n) is 7.23. The minimum absolute atomic E-state index is 0.0500. The van der Waals surface area contributed by atoms with E-state index in [4.69, 9.17) is 16.7 Å². The summed E-state index contributed by atoms with van der Waals surface area (Å²) in [5.41, 5.74) is 0.822. The first-order valence-corrected chi connectivity index (χ1v) is 11.5. The van der Waals surface area contributed by atoms with E-state index in [0.717, 1.165) is 17.7 Å². The van der Waals surface area contributed by atoms with E-state index in [9.17, 15) is 17.6 Å². The second kappa shape index (κ2) is 9.73. The standard InChI is InChI=1S/C22H23ClFNO4S/c23-18-8-6-17(7-9-18)22-16(4-2-1-3-5-21(26)27)14-15-25(22)30(28,29)20-12-10-19(24)11-13-20/h2,4,6-13,16,22H,1,3,5,14-15H2,(H,26,27)/b4-2-/t16-,22+/m0/s1. The topological polar surface area (TPSA) is 74.7 Å². The van der Waals surface area contributed by atoms with Crippen LogP contribution in [-0.4, -0.2) is 30.3 Å². The Hall–Kier alpha value is -2.22. The highest BCUT2D eigenvalue weighted by molar-refractivity contribution is 7.89. The van der Waals surface area contributed by atoms with Crippen LogP contribution in [0.1, 0.15) is 37.3 Å². The molecule has 3 rings (SSSR count). The van der Waals surface area contributed by atoms with Gasteiger partial charge in [0, 0.05) is 18.0 Å². The molecule has 1 aliphatic heterocycles. The van der Waals surface area contributed by atoms with Gasteiger partial charge in [-0.05, 0) is 67.1 Å². The number of carboxylic acid groups (broad SMARTS) is 1. The monoisotopic (exact) mass is 451 g/mol. The zero-order chi connectivity index (χ0) is 21.7. The fourth-order valence-electron chi connectivity index (χ4n) is 3.72. The van der Waals surface area contributed by atoms with Crippen LogP contribution in [-0.2, 0) is 14.8 Å². The van der Waals surface area contributed by atoms with E-state index in [-0.39, 0.29) is 17.2 Å². The molecule has 8 heteroatoms. The Morgan fingerprint density at radius 2 is 1.83 bits per heavy atom. The number of nitrogens with zero attached hydrogens (tertiary/aromatic N) is 1. The summed E-state index contributed by atoms with van der Waals surface area (Å²) < 4.78 is 41.3. The minimum Gasteiger partial charge on any atom is -0.481 e. The lowest BCUT2D eigenvalue weighted by atomic mass is 9.93. The number of carboxylic acids is 1. The third kappa shape index (κ3) is 5.28. The van der Waals surface area contributed by atoms with Crippen LogP contribution in [0.5, 0.6) is 0 Å². The molecular formula is C22H23ClFNO4S. The molecule has 2 atom stereocenters. The Bertz CT molecular complexity index is 1010. The van der Waals surface area contributed by atoms with Crippen LogP contribution >= 0.6 is 11.6 Å². The van der Waals surface area contributed by atoms with Crippen LogP contribution in [0.25, 0.3) is 0 Å². The molecule has 0 unspecified atom stereocenters. The van der Waals surface area contributed by atoms with Gasteiger partial charge in [-0.1, -0.05) is 35.9 Å². The molecule has 0 spiro atoms. The first kappa shape index (κ1) is 22.5. The van der Waals surface area contributed by atoms with Crippen molar-refractivity contribution in [3.63, 3.8) is 0 Å². The summed E-state index contributed by atoms with van der Waals surface area (Å²) in [5, 5.41) is 9.32. The van der Waals surface area contributed by atoms with Gasteiger partial charge in [0.2, 0.25) is 10.0 Å². The number of rotatable bonds is 8. The molecule has 0 amide bonds. The first-order valence-electron chi connectivity index (χ1n) is 9.70. The number of allylic oxidation sites excluding steroid dienone is 1. The smallest absolute Gasteiger partial charge is 0.303 e. The Balaban J connectivity index is 1.88. The molecule has 1 aliphatic rings. The summed E-state index contributed by atoms with van der Waals surface area (Å²) in [6.07, 6.45) is 5.76.